The monoisotopic (exact) mass is 361 g/mol. The largest absolute Gasteiger partial charge is 0.463 e. The van der Waals surface area contributed by atoms with Crippen LogP contribution in [0.1, 0.15) is 44.9 Å². The van der Waals surface area contributed by atoms with Gasteiger partial charge < -0.3 is 20.2 Å². The van der Waals surface area contributed by atoms with Crippen molar-refractivity contribution in [2.75, 3.05) is 25.6 Å². The number of fused-ring (bicyclic) bond motifs is 1. The molecule has 3 N–H and O–H groups in total. The molecule has 8 nitrogen and oxygen atoms in total. The number of rotatable bonds is 5. The second kappa shape index (κ2) is 7.65. The van der Waals surface area contributed by atoms with Gasteiger partial charge in [0.05, 0.1) is 6.61 Å². The van der Waals surface area contributed by atoms with Crippen LogP contribution >= 0.6 is 0 Å². The zero-order valence-electron chi connectivity index (χ0n) is 15.1. The highest BCUT2D eigenvalue weighted by molar-refractivity contribution is 5.81. The van der Waals surface area contributed by atoms with Crippen LogP contribution in [0.5, 0.6) is 6.01 Å². The van der Waals surface area contributed by atoms with Crippen LogP contribution in [-0.4, -0.2) is 39.3 Å². The fourth-order valence-electron chi connectivity index (χ4n) is 4.00. The Morgan fingerprint density at radius 3 is 2.65 bits per heavy atom. The first kappa shape index (κ1) is 17.3. The van der Waals surface area contributed by atoms with Gasteiger partial charge in [-0.15, -0.1) is 0 Å². The van der Waals surface area contributed by atoms with E-state index in [2.05, 4.69) is 15.0 Å². The number of aromatic nitrogens is 4. The minimum Gasteiger partial charge on any atom is -0.463 e. The minimum atomic E-state index is -0.197. The number of nitrogen functional groups attached to an aromatic ring is 1. The van der Waals surface area contributed by atoms with E-state index in [-0.39, 0.29) is 17.5 Å². The molecule has 2 aromatic heterocycles. The summed E-state index contributed by atoms with van der Waals surface area (Å²) >= 11 is 0. The lowest BCUT2D eigenvalue weighted by Crippen LogP contribution is -2.26. The Kier molecular flexibility index (Phi) is 5.10. The first-order valence-electron chi connectivity index (χ1n) is 9.67. The molecule has 0 atom stereocenters. The van der Waals surface area contributed by atoms with Crippen LogP contribution in [0.15, 0.2) is 4.79 Å². The standard InChI is InChI=1S/C18H27N5O3/c19-15-14-16(22-17(21-15)26-11-13-4-2-1-3-5-13)23(18(24)20-14)10-12-6-8-25-9-7-12/h12-13H,1-11H2,(H,20,24)(H2,19,21,22). The van der Waals surface area contributed by atoms with Crippen LogP contribution in [0, 0.1) is 11.8 Å². The van der Waals surface area contributed by atoms with Crippen molar-refractivity contribution >= 4 is 17.0 Å². The molecular weight excluding hydrogens is 334 g/mol. The number of aromatic amines is 1. The summed E-state index contributed by atoms with van der Waals surface area (Å²) in [7, 11) is 0. The van der Waals surface area contributed by atoms with Crippen molar-refractivity contribution in [2.45, 2.75) is 51.5 Å². The predicted octanol–water partition coefficient (Wildman–Crippen LogP) is 2.09. The maximum atomic E-state index is 12.4. The number of nitrogens with zero attached hydrogens (tertiary/aromatic N) is 3. The highest BCUT2D eigenvalue weighted by Crippen LogP contribution is 2.25. The van der Waals surface area contributed by atoms with E-state index in [1.54, 1.807) is 4.57 Å². The van der Waals surface area contributed by atoms with Gasteiger partial charge in [-0.3, -0.25) is 4.57 Å². The Labute approximate surface area is 152 Å². The fraction of sp³-hybridized carbons (Fsp3) is 0.722. The molecule has 1 aliphatic heterocycles. The molecule has 1 aliphatic carbocycles. The van der Waals surface area contributed by atoms with Crippen molar-refractivity contribution in [3.05, 3.63) is 10.5 Å². The molecule has 1 saturated heterocycles. The number of hydrogen-bond acceptors (Lipinski definition) is 6. The molecule has 0 radical (unpaired) electrons. The molecule has 8 heteroatoms. The Morgan fingerprint density at radius 2 is 1.88 bits per heavy atom. The Bertz CT molecular complexity index is 803. The summed E-state index contributed by atoms with van der Waals surface area (Å²) in [5, 5.41) is 0. The van der Waals surface area contributed by atoms with Gasteiger partial charge in [-0.25, -0.2) is 4.79 Å². The summed E-state index contributed by atoms with van der Waals surface area (Å²) < 4.78 is 12.9. The van der Waals surface area contributed by atoms with Crippen LogP contribution in [-0.2, 0) is 11.3 Å². The molecule has 142 valence electrons. The van der Waals surface area contributed by atoms with E-state index in [0.717, 1.165) is 26.1 Å². The van der Waals surface area contributed by atoms with Crippen molar-refractivity contribution in [3.63, 3.8) is 0 Å². The van der Waals surface area contributed by atoms with Crippen molar-refractivity contribution in [2.24, 2.45) is 11.8 Å². The van der Waals surface area contributed by atoms with Crippen LogP contribution in [0.3, 0.4) is 0 Å². The maximum absolute atomic E-state index is 12.4. The second-order valence-corrected chi connectivity index (χ2v) is 7.50. The number of hydrogen-bond donors (Lipinski definition) is 2. The summed E-state index contributed by atoms with van der Waals surface area (Å²) in [4.78, 5) is 23.9. The summed E-state index contributed by atoms with van der Waals surface area (Å²) in [6.07, 6.45) is 8.12. The molecule has 2 aromatic rings. The summed E-state index contributed by atoms with van der Waals surface area (Å²) in [5.74, 6) is 1.22. The number of imidazole rings is 1. The summed E-state index contributed by atoms with van der Waals surface area (Å²) in [6, 6.07) is 0.264. The van der Waals surface area contributed by atoms with Gasteiger partial charge in [-0.05, 0) is 37.5 Å². The zero-order chi connectivity index (χ0) is 17.9. The van der Waals surface area contributed by atoms with Gasteiger partial charge in [-0.2, -0.15) is 9.97 Å². The normalized spacial score (nSPS) is 19.8. The van der Waals surface area contributed by atoms with Crippen molar-refractivity contribution in [1.29, 1.82) is 0 Å². The fourth-order valence-corrected chi connectivity index (χ4v) is 4.00. The van der Waals surface area contributed by atoms with E-state index in [9.17, 15) is 4.79 Å². The third kappa shape index (κ3) is 3.70. The highest BCUT2D eigenvalue weighted by Gasteiger charge is 2.21. The van der Waals surface area contributed by atoms with Gasteiger partial charge in [0.25, 0.3) is 0 Å². The molecule has 26 heavy (non-hydrogen) atoms. The topological polar surface area (TPSA) is 108 Å². The van der Waals surface area contributed by atoms with Crippen LogP contribution < -0.4 is 16.2 Å². The van der Waals surface area contributed by atoms with Crippen molar-refractivity contribution < 1.29 is 9.47 Å². The SMILES string of the molecule is Nc1nc(OCC2CCCCC2)nc2c1[nH]c(=O)n2CC1CCOCC1. The molecular formula is C18H27N5O3. The van der Waals surface area contributed by atoms with Gasteiger partial charge in [0.15, 0.2) is 11.5 Å². The highest BCUT2D eigenvalue weighted by atomic mass is 16.5. The number of anilines is 1. The molecule has 2 aliphatic rings. The van der Waals surface area contributed by atoms with E-state index < -0.39 is 0 Å². The number of ether oxygens (including phenoxy) is 2. The Balaban J connectivity index is 1.55. The third-order valence-corrected chi connectivity index (χ3v) is 5.58. The van der Waals surface area contributed by atoms with E-state index >= 15 is 0 Å². The molecule has 0 spiro atoms. The van der Waals surface area contributed by atoms with Crippen LogP contribution in [0.2, 0.25) is 0 Å². The van der Waals surface area contributed by atoms with Gasteiger partial charge in [0, 0.05) is 19.8 Å². The Hall–Kier alpha value is -2.09. The van der Waals surface area contributed by atoms with E-state index in [4.69, 9.17) is 15.2 Å². The van der Waals surface area contributed by atoms with Crippen molar-refractivity contribution in [3.8, 4) is 6.01 Å². The molecule has 2 fully saturated rings. The lowest BCUT2D eigenvalue weighted by atomic mass is 9.90. The Morgan fingerprint density at radius 1 is 1.12 bits per heavy atom. The van der Waals surface area contributed by atoms with Gasteiger partial charge in [0.1, 0.15) is 5.52 Å². The quantitative estimate of drug-likeness (QED) is 0.844. The zero-order valence-corrected chi connectivity index (χ0v) is 15.1. The summed E-state index contributed by atoms with van der Waals surface area (Å²) in [5.41, 5.74) is 6.88. The van der Waals surface area contributed by atoms with Gasteiger partial charge in [0.2, 0.25) is 0 Å². The van der Waals surface area contributed by atoms with Crippen LogP contribution in [0.25, 0.3) is 11.2 Å². The smallest absolute Gasteiger partial charge is 0.327 e. The van der Waals surface area contributed by atoms with E-state index in [1.165, 1.54) is 32.1 Å². The van der Waals surface area contributed by atoms with Gasteiger partial charge >= 0.3 is 11.7 Å². The molecule has 0 unspecified atom stereocenters. The first-order valence-corrected chi connectivity index (χ1v) is 9.67. The predicted molar refractivity (Wildman–Crippen MR) is 98.2 cm³/mol. The molecule has 1 saturated carbocycles. The molecule has 0 bridgehead atoms. The lowest BCUT2D eigenvalue weighted by molar-refractivity contribution is 0.0613. The first-order chi connectivity index (χ1) is 12.7. The average molecular weight is 361 g/mol. The minimum absolute atomic E-state index is 0.197. The number of nitrogens with two attached hydrogens (primary N) is 1. The summed E-state index contributed by atoms with van der Waals surface area (Å²) in [6.45, 7) is 2.71. The molecule has 4 rings (SSSR count). The average Bonchev–Trinajstić information content (AvgIpc) is 2.98. The lowest BCUT2D eigenvalue weighted by Gasteiger charge is -2.22. The second-order valence-electron chi connectivity index (χ2n) is 7.50. The van der Waals surface area contributed by atoms with Gasteiger partial charge in [-0.1, -0.05) is 19.3 Å². The van der Waals surface area contributed by atoms with E-state index in [0.29, 0.717) is 36.2 Å². The number of nitrogens with one attached hydrogen (secondary N) is 1. The van der Waals surface area contributed by atoms with E-state index in [1.807, 2.05) is 0 Å². The number of H-pyrrole nitrogens is 1. The van der Waals surface area contributed by atoms with Crippen LogP contribution in [0.4, 0.5) is 5.82 Å². The molecule has 0 amide bonds. The molecule has 0 aromatic carbocycles. The van der Waals surface area contributed by atoms with Crippen molar-refractivity contribution in [1.82, 2.24) is 19.5 Å². The molecule has 3 heterocycles. The third-order valence-electron chi connectivity index (χ3n) is 5.58. The maximum Gasteiger partial charge on any atom is 0.327 e.